The first kappa shape index (κ1) is 15.8. The van der Waals surface area contributed by atoms with Gasteiger partial charge >= 0.3 is 0 Å². The summed E-state index contributed by atoms with van der Waals surface area (Å²) in [6, 6.07) is 17.5. The fourth-order valence-electron chi connectivity index (χ4n) is 2.28. The van der Waals surface area contributed by atoms with E-state index >= 15 is 0 Å². The zero-order chi connectivity index (χ0) is 16.8. The van der Waals surface area contributed by atoms with Gasteiger partial charge in [0.05, 0.1) is 19.9 Å². The number of furan rings is 1. The highest BCUT2D eigenvalue weighted by atomic mass is 19.1. The van der Waals surface area contributed by atoms with Crippen molar-refractivity contribution in [1.29, 1.82) is 0 Å². The molecule has 0 saturated heterocycles. The van der Waals surface area contributed by atoms with Crippen LogP contribution in [-0.2, 0) is 6.54 Å². The Bertz CT molecular complexity index is 825. The summed E-state index contributed by atoms with van der Waals surface area (Å²) in [7, 11) is 1.64. The number of nitrogens with one attached hydrogen (secondary N) is 1. The van der Waals surface area contributed by atoms with E-state index in [1.165, 1.54) is 12.1 Å². The van der Waals surface area contributed by atoms with E-state index in [0.29, 0.717) is 18.1 Å². The largest absolute Gasteiger partial charge is 0.496 e. The van der Waals surface area contributed by atoms with Crippen molar-refractivity contribution in [3.05, 3.63) is 77.8 Å². The summed E-state index contributed by atoms with van der Waals surface area (Å²) >= 11 is 0. The van der Waals surface area contributed by atoms with Crippen LogP contribution < -0.4 is 10.2 Å². The van der Waals surface area contributed by atoms with Crippen LogP contribution in [0.25, 0.3) is 11.3 Å². The molecule has 2 aromatic carbocycles. The lowest BCUT2D eigenvalue weighted by atomic mass is 10.2. The van der Waals surface area contributed by atoms with Gasteiger partial charge in [0, 0.05) is 11.1 Å². The molecule has 24 heavy (non-hydrogen) atoms. The first-order valence-electron chi connectivity index (χ1n) is 7.50. The van der Waals surface area contributed by atoms with Gasteiger partial charge in [-0.15, -0.1) is 0 Å². The zero-order valence-electron chi connectivity index (χ0n) is 13.2. The molecular weight excluding hydrogens is 307 g/mol. The van der Waals surface area contributed by atoms with Gasteiger partial charge in [-0.2, -0.15) is 5.10 Å². The third-order valence-corrected chi connectivity index (χ3v) is 3.50. The molecule has 0 spiro atoms. The highest BCUT2D eigenvalue weighted by Crippen LogP contribution is 2.21. The Labute approximate surface area is 139 Å². The number of hydrogen-bond acceptors (Lipinski definition) is 4. The lowest BCUT2D eigenvalue weighted by molar-refractivity contribution is 0.408. The predicted molar refractivity (Wildman–Crippen MR) is 91.5 cm³/mol. The van der Waals surface area contributed by atoms with Crippen LogP contribution in [0.5, 0.6) is 5.75 Å². The number of nitrogens with zero attached hydrogens (tertiary/aromatic N) is 1. The number of rotatable bonds is 6. The second kappa shape index (κ2) is 7.46. The highest BCUT2D eigenvalue weighted by molar-refractivity contribution is 5.77. The lowest BCUT2D eigenvalue weighted by Gasteiger charge is -2.06. The van der Waals surface area contributed by atoms with Gasteiger partial charge in [0.1, 0.15) is 23.1 Å². The molecule has 122 valence electrons. The topological polar surface area (TPSA) is 46.8 Å². The first-order chi connectivity index (χ1) is 11.8. The van der Waals surface area contributed by atoms with Crippen LogP contribution in [0.1, 0.15) is 11.3 Å². The minimum absolute atomic E-state index is 0.271. The summed E-state index contributed by atoms with van der Waals surface area (Å²) < 4.78 is 23.9. The van der Waals surface area contributed by atoms with Crippen LogP contribution in [0.15, 0.2) is 70.2 Å². The smallest absolute Gasteiger partial charge is 0.147 e. The summed E-state index contributed by atoms with van der Waals surface area (Å²) in [5, 5.41) is 4.15. The summed E-state index contributed by atoms with van der Waals surface area (Å²) in [5.41, 5.74) is 4.80. The van der Waals surface area contributed by atoms with Gasteiger partial charge in [-0.25, -0.2) is 4.39 Å². The first-order valence-corrected chi connectivity index (χ1v) is 7.50. The van der Waals surface area contributed by atoms with Gasteiger partial charge < -0.3 is 14.6 Å². The van der Waals surface area contributed by atoms with E-state index in [1.807, 2.05) is 36.4 Å². The fourth-order valence-corrected chi connectivity index (χ4v) is 2.28. The minimum atomic E-state index is -0.271. The normalized spacial score (nSPS) is 10.9. The number of benzene rings is 2. The molecule has 0 atom stereocenters. The number of ether oxygens (including phenoxy) is 1. The Morgan fingerprint density at radius 1 is 1.08 bits per heavy atom. The standard InChI is InChI=1S/C19H17FN2O2/c1-23-18-5-3-2-4-15(18)12-21-22-13-17-10-11-19(24-17)14-6-8-16(20)9-7-14/h2-11,13,21H,12H2,1H3/b22-13+. The predicted octanol–water partition coefficient (Wildman–Crippen LogP) is 4.22. The maximum Gasteiger partial charge on any atom is 0.147 e. The molecule has 0 amide bonds. The zero-order valence-corrected chi connectivity index (χ0v) is 13.2. The molecule has 0 fully saturated rings. The Morgan fingerprint density at radius 3 is 2.67 bits per heavy atom. The third-order valence-electron chi connectivity index (χ3n) is 3.50. The Balaban J connectivity index is 1.60. The maximum atomic E-state index is 12.9. The maximum absolute atomic E-state index is 12.9. The summed E-state index contributed by atoms with van der Waals surface area (Å²) in [6.07, 6.45) is 1.60. The third kappa shape index (κ3) is 3.81. The Morgan fingerprint density at radius 2 is 1.88 bits per heavy atom. The summed E-state index contributed by atoms with van der Waals surface area (Å²) in [4.78, 5) is 0. The quantitative estimate of drug-likeness (QED) is 0.545. The van der Waals surface area contributed by atoms with Crippen molar-refractivity contribution < 1.29 is 13.5 Å². The van der Waals surface area contributed by atoms with Crippen LogP contribution in [0.3, 0.4) is 0 Å². The summed E-state index contributed by atoms with van der Waals surface area (Å²) in [5.74, 6) is 1.83. The van der Waals surface area contributed by atoms with Crippen molar-refractivity contribution in [3.63, 3.8) is 0 Å². The van der Waals surface area contributed by atoms with Gasteiger partial charge in [-0.1, -0.05) is 18.2 Å². The summed E-state index contributed by atoms with van der Waals surface area (Å²) in [6.45, 7) is 0.548. The van der Waals surface area contributed by atoms with Crippen molar-refractivity contribution >= 4 is 6.21 Å². The minimum Gasteiger partial charge on any atom is -0.496 e. The van der Waals surface area contributed by atoms with E-state index in [-0.39, 0.29) is 5.82 Å². The molecule has 3 aromatic rings. The molecule has 3 rings (SSSR count). The van der Waals surface area contributed by atoms with Gasteiger partial charge in [0.2, 0.25) is 0 Å². The second-order valence-electron chi connectivity index (χ2n) is 5.11. The molecule has 4 nitrogen and oxygen atoms in total. The van der Waals surface area contributed by atoms with Crippen molar-refractivity contribution in [3.8, 4) is 17.1 Å². The number of hydrazone groups is 1. The van der Waals surface area contributed by atoms with E-state index in [4.69, 9.17) is 9.15 Å². The monoisotopic (exact) mass is 324 g/mol. The fraction of sp³-hybridized carbons (Fsp3) is 0.105. The van der Waals surface area contributed by atoms with Crippen LogP contribution in [-0.4, -0.2) is 13.3 Å². The van der Waals surface area contributed by atoms with E-state index in [9.17, 15) is 4.39 Å². The molecule has 0 bridgehead atoms. The van der Waals surface area contributed by atoms with Crippen LogP contribution >= 0.6 is 0 Å². The van der Waals surface area contributed by atoms with Crippen molar-refractivity contribution in [2.75, 3.05) is 7.11 Å². The van der Waals surface area contributed by atoms with Crippen LogP contribution in [0, 0.1) is 5.82 Å². The number of halogens is 1. The average molecular weight is 324 g/mol. The molecule has 1 heterocycles. The van der Waals surface area contributed by atoms with Crippen molar-refractivity contribution in [2.45, 2.75) is 6.54 Å². The molecular formula is C19H17FN2O2. The molecule has 0 saturated carbocycles. The molecule has 1 aromatic heterocycles. The van der Waals surface area contributed by atoms with E-state index in [0.717, 1.165) is 16.9 Å². The van der Waals surface area contributed by atoms with Crippen molar-refractivity contribution in [2.24, 2.45) is 5.10 Å². The van der Waals surface area contributed by atoms with Gasteiger partial charge in [0.15, 0.2) is 0 Å². The number of hydrogen-bond donors (Lipinski definition) is 1. The van der Waals surface area contributed by atoms with E-state index in [2.05, 4.69) is 10.5 Å². The van der Waals surface area contributed by atoms with E-state index < -0.39 is 0 Å². The lowest BCUT2D eigenvalue weighted by Crippen LogP contribution is -2.06. The molecule has 0 aliphatic heterocycles. The van der Waals surface area contributed by atoms with Gasteiger partial charge in [-0.05, 0) is 42.5 Å². The molecule has 0 aliphatic rings. The van der Waals surface area contributed by atoms with Gasteiger partial charge in [-0.3, -0.25) is 0 Å². The van der Waals surface area contributed by atoms with E-state index in [1.54, 1.807) is 25.5 Å². The number of methoxy groups -OCH3 is 1. The molecule has 5 heteroatoms. The molecule has 0 aliphatic carbocycles. The Hall–Kier alpha value is -3.08. The van der Waals surface area contributed by atoms with Crippen LogP contribution in [0.2, 0.25) is 0 Å². The molecule has 0 unspecified atom stereocenters. The number of para-hydroxylation sites is 1. The van der Waals surface area contributed by atoms with Crippen molar-refractivity contribution in [1.82, 2.24) is 5.43 Å². The average Bonchev–Trinajstić information content (AvgIpc) is 3.08. The highest BCUT2D eigenvalue weighted by Gasteiger charge is 2.04. The molecule has 1 N–H and O–H groups in total. The Kier molecular flexibility index (Phi) is 4.91. The SMILES string of the molecule is COc1ccccc1CN/N=C/c1ccc(-c2ccc(F)cc2)o1. The van der Waals surface area contributed by atoms with Crippen LogP contribution in [0.4, 0.5) is 4.39 Å². The van der Waals surface area contributed by atoms with Gasteiger partial charge in [0.25, 0.3) is 0 Å². The second-order valence-corrected chi connectivity index (χ2v) is 5.11. The molecule has 0 radical (unpaired) electrons.